The predicted molar refractivity (Wildman–Crippen MR) is 97.6 cm³/mol. The number of benzene rings is 2. The fourth-order valence-corrected chi connectivity index (χ4v) is 2.67. The predicted octanol–water partition coefficient (Wildman–Crippen LogP) is 3.75. The minimum atomic E-state index is -0.208. The molecule has 0 aromatic heterocycles. The highest BCUT2D eigenvalue weighted by Gasteiger charge is 2.08. The van der Waals surface area contributed by atoms with E-state index in [0.717, 1.165) is 12.1 Å². The maximum Gasteiger partial charge on any atom is 0.258 e. The summed E-state index contributed by atoms with van der Waals surface area (Å²) in [6.07, 6.45) is 0. The van der Waals surface area contributed by atoms with Gasteiger partial charge in [0.1, 0.15) is 5.75 Å². The SMILES string of the molecule is CN(C)Cc1ccccc1CNC(=O)COc1ccc(Cl)cc1Cl. The van der Waals surface area contributed by atoms with Crippen molar-refractivity contribution in [1.29, 1.82) is 0 Å². The second-order valence-corrected chi connectivity index (χ2v) is 6.49. The van der Waals surface area contributed by atoms with E-state index in [2.05, 4.69) is 16.3 Å². The van der Waals surface area contributed by atoms with E-state index < -0.39 is 0 Å². The molecule has 0 spiro atoms. The number of hydrogen-bond acceptors (Lipinski definition) is 3. The highest BCUT2D eigenvalue weighted by atomic mass is 35.5. The van der Waals surface area contributed by atoms with Crippen molar-refractivity contribution in [3.8, 4) is 5.75 Å². The van der Waals surface area contributed by atoms with Gasteiger partial charge in [-0.1, -0.05) is 47.5 Å². The molecule has 0 saturated heterocycles. The van der Waals surface area contributed by atoms with E-state index in [1.54, 1.807) is 18.2 Å². The number of carbonyl (C=O) groups is 1. The van der Waals surface area contributed by atoms with E-state index in [-0.39, 0.29) is 12.5 Å². The maximum absolute atomic E-state index is 12.0. The molecule has 24 heavy (non-hydrogen) atoms. The Morgan fingerprint density at radius 2 is 1.83 bits per heavy atom. The average molecular weight is 367 g/mol. The summed E-state index contributed by atoms with van der Waals surface area (Å²) in [4.78, 5) is 14.1. The molecule has 128 valence electrons. The quantitative estimate of drug-likeness (QED) is 0.811. The maximum atomic E-state index is 12.0. The number of nitrogens with zero attached hydrogens (tertiary/aromatic N) is 1. The summed E-state index contributed by atoms with van der Waals surface area (Å²) in [5.41, 5.74) is 2.27. The average Bonchev–Trinajstić information content (AvgIpc) is 2.52. The van der Waals surface area contributed by atoms with E-state index >= 15 is 0 Å². The summed E-state index contributed by atoms with van der Waals surface area (Å²) in [5, 5.41) is 3.77. The number of rotatable bonds is 7. The van der Waals surface area contributed by atoms with Crippen LogP contribution < -0.4 is 10.1 Å². The van der Waals surface area contributed by atoms with Crippen molar-refractivity contribution in [3.05, 3.63) is 63.6 Å². The molecule has 2 aromatic carbocycles. The van der Waals surface area contributed by atoms with Crippen molar-refractivity contribution in [2.75, 3.05) is 20.7 Å². The lowest BCUT2D eigenvalue weighted by atomic mass is 10.1. The van der Waals surface area contributed by atoms with Crippen LogP contribution >= 0.6 is 23.2 Å². The minimum Gasteiger partial charge on any atom is -0.482 e. The van der Waals surface area contributed by atoms with Crippen LogP contribution in [0.1, 0.15) is 11.1 Å². The number of nitrogens with one attached hydrogen (secondary N) is 1. The van der Waals surface area contributed by atoms with Crippen molar-refractivity contribution in [1.82, 2.24) is 10.2 Å². The highest BCUT2D eigenvalue weighted by molar-refractivity contribution is 6.35. The van der Waals surface area contributed by atoms with Crippen LogP contribution in [0, 0.1) is 0 Å². The van der Waals surface area contributed by atoms with Gasteiger partial charge in [-0.25, -0.2) is 0 Å². The van der Waals surface area contributed by atoms with Crippen LogP contribution in [0.3, 0.4) is 0 Å². The molecule has 0 aliphatic heterocycles. The lowest BCUT2D eigenvalue weighted by Crippen LogP contribution is -2.29. The molecule has 2 aromatic rings. The first-order valence-corrected chi connectivity index (χ1v) is 8.27. The first-order chi connectivity index (χ1) is 11.5. The van der Waals surface area contributed by atoms with Gasteiger partial charge in [-0.05, 0) is 43.4 Å². The van der Waals surface area contributed by atoms with E-state index in [1.165, 1.54) is 5.56 Å². The van der Waals surface area contributed by atoms with Crippen molar-refractivity contribution >= 4 is 29.1 Å². The van der Waals surface area contributed by atoms with Crippen LogP contribution in [0.15, 0.2) is 42.5 Å². The van der Waals surface area contributed by atoms with Gasteiger partial charge < -0.3 is 15.0 Å². The first-order valence-electron chi connectivity index (χ1n) is 7.52. The molecule has 1 amide bonds. The third-order valence-electron chi connectivity index (χ3n) is 3.33. The first kappa shape index (κ1) is 18.6. The van der Waals surface area contributed by atoms with Crippen molar-refractivity contribution in [2.24, 2.45) is 0 Å². The summed E-state index contributed by atoms with van der Waals surface area (Å²) in [5.74, 6) is 0.227. The Labute approximate surface area is 152 Å². The fourth-order valence-electron chi connectivity index (χ4n) is 2.21. The summed E-state index contributed by atoms with van der Waals surface area (Å²) in [6.45, 7) is 1.18. The van der Waals surface area contributed by atoms with Crippen molar-refractivity contribution in [2.45, 2.75) is 13.1 Å². The van der Waals surface area contributed by atoms with E-state index in [4.69, 9.17) is 27.9 Å². The van der Waals surface area contributed by atoms with Crippen molar-refractivity contribution < 1.29 is 9.53 Å². The molecular weight excluding hydrogens is 347 g/mol. The number of hydrogen-bond donors (Lipinski definition) is 1. The summed E-state index contributed by atoms with van der Waals surface area (Å²) < 4.78 is 5.43. The summed E-state index contributed by atoms with van der Waals surface area (Å²) in [6, 6.07) is 12.9. The number of amides is 1. The Balaban J connectivity index is 1.87. The van der Waals surface area contributed by atoms with Gasteiger partial charge in [0.15, 0.2) is 6.61 Å². The second kappa shape index (κ2) is 8.92. The molecule has 2 rings (SSSR count). The Bertz CT molecular complexity index is 705. The Morgan fingerprint density at radius 1 is 1.12 bits per heavy atom. The second-order valence-electron chi connectivity index (χ2n) is 5.65. The molecule has 1 N–H and O–H groups in total. The van der Waals surface area contributed by atoms with Gasteiger partial charge in [0, 0.05) is 18.1 Å². The van der Waals surface area contributed by atoms with E-state index in [0.29, 0.717) is 22.3 Å². The molecule has 0 radical (unpaired) electrons. The Kier molecular flexibility index (Phi) is 6.91. The smallest absolute Gasteiger partial charge is 0.258 e. The largest absolute Gasteiger partial charge is 0.482 e. The van der Waals surface area contributed by atoms with Crippen LogP contribution in [0.25, 0.3) is 0 Å². The van der Waals surface area contributed by atoms with E-state index in [9.17, 15) is 4.79 Å². The fraction of sp³-hybridized carbons (Fsp3) is 0.278. The molecule has 0 fully saturated rings. The van der Waals surface area contributed by atoms with Crippen LogP contribution in [0.2, 0.25) is 10.0 Å². The monoisotopic (exact) mass is 366 g/mol. The van der Waals surface area contributed by atoms with Gasteiger partial charge >= 0.3 is 0 Å². The zero-order valence-corrected chi connectivity index (χ0v) is 15.2. The molecule has 0 bridgehead atoms. The molecule has 0 aliphatic rings. The van der Waals surface area contributed by atoms with Gasteiger partial charge in [0.05, 0.1) is 5.02 Å². The Hall–Kier alpha value is -1.75. The topological polar surface area (TPSA) is 41.6 Å². The summed E-state index contributed by atoms with van der Waals surface area (Å²) >= 11 is 11.8. The molecule has 0 atom stereocenters. The summed E-state index contributed by atoms with van der Waals surface area (Å²) in [7, 11) is 4.03. The lowest BCUT2D eigenvalue weighted by Gasteiger charge is -2.15. The zero-order valence-electron chi connectivity index (χ0n) is 13.7. The minimum absolute atomic E-state index is 0.100. The standard InChI is InChI=1S/C18H20Cl2N2O2/c1-22(2)11-14-6-4-3-5-13(14)10-21-18(23)12-24-17-8-7-15(19)9-16(17)20/h3-9H,10-12H2,1-2H3,(H,21,23). The Morgan fingerprint density at radius 3 is 2.50 bits per heavy atom. The molecule has 0 unspecified atom stereocenters. The van der Waals surface area contributed by atoms with Crippen LogP contribution in [-0.4, -0.2) is 31.5 Å². The molecule has 0 heterocycles. The molecule has 0 aliphatic carbocycles. The zero-order chi connectivity index (χ0) is 17.5. The van der Waals surface area contributed by atoms with Crippen LogP contribution in [-0.2, 0) is 17.9 Å². The van der Waals surface area contributed by atoms with Gasteiger partial charge in [-0.15, -0.1) is 0 Å². The van der Waals surface area contributed by atoms with Gasteiger partial charge in [-0.2, -0.15) is 0 Å². The molecule has 4 nitrogen and oxygen atoms in total. The third kappa shape index (κ3) is 5.71. The number of carbonyl (C=O) groups excluding carboxylic acids is 1. The van der Waals surface area contributed by atoms with Gasteiger partial charge in [0.25, 0.3) is 5.91 Å². The van der Waals surface area contributed by atoms with Crippen LogP contribution in [0.5, 0.6) is 5.75 Å². The van der Waals surface area contributed by atoms with Gasteiger partial charge in [-0.3, -0.25) is 4.79 Å². The van der Waals surface area contributed by atoms with Gasteiger partial charge in [0.2, 0.25) is 0 Å². The van der Waals surface area contributed by atoms with Crippen molar-refractivity contribution in [3.63, 3.8) is 0 Å². The lowest BCUT2D eigenvalue weighted by molar-refractivity contribution is -0.123. The highest BCUT2D eigenvalue weighted by Crippen LogP contribution is 2.27. The molecule has 0 saturated carbocycles. The van der Waals surface area contributed by atoms with Crippen LogP contribution in [0.4, 0.5) is 0 Å². The number of ether oxygens (including phenoxy) is 1. The molecule has 6 heteroatoms. The third-order valence-corrected chi connectivity index (χ3v) is 3.86. The normalized spacial score (nSPS) is 10.7. The molecular formula is C18H20Cl2N2O2. The van der Waals surface area contributed by atoms with E-state index in [1.807, 2.05) is 32.3 Å². The number of halogens is 2.